The van der Waals surface area contributed by atoms with Crippen LogP contribution in [0.25, 0.3) is 10.8 Å². The topological polar surface area (TPSA) is 95.2 Å². The molecular weight excluding hydrogens is 339 g/mol. The summed E-state index contributed by atoms with van der Waals surface area (Å²) in [4.78, 5) is 37.8. The number of anilines is 2. The zero-order valence-electron chi connectivity index (χ0n) is 13.5. The summed E-state index contributed by atoms with van der Waals surface area (Å²) < 4.78 is 14.0. The van der Waals surface area contributed by atoms with Crippen LogP contribution in [-0.4, -0.2) is 28.6 Å². The van der Waals surface area contributed by atoms with Crippen molar-refractivity contribution >= 4 is 34.0 Å². The van der Waals surface area contributed by atoms with Gasteiger partial charge in [0.15, 0.2) is 0 Å². The van der Waals surface area contributed by atoms with Gasteiger partial charge in [0.25, 0.3) is 5.56 Å². The maximum Gasteiger partial charge on any atom is 0.272 e. The number of hydrogen-bond acceptors (Lipinski definition) is 4. The average molecular weight is 352 g/mol. The number of benzene rings is 2. The summed E-state index contributed by atoms with van der Waals surface area (Å²) in [5, 5.41) is 9.77. The van der Waals surface area contributed by atoms with Crippen LogP contribution in [-0.2, 0) is 16.0 Å². The molecule has 2 aromatic carbocycles. The number of hydrogen-bond donors (Lipinski definition) is 2. The highest BCUT2D eigenvalue weighted by Crippen LogP contribution is 2.32. The first kappa shape index (κ1) is 15.9. The van der Waals surface area contributed by atoms with Gasteiger partial charge in [0.1, 0.15) is 18.0 Å². The molecule has 8 heteroatoms. The molecule has 3 aromatic rings. The fraction of sp³-hybridized carbons (Fsp3) is 0.111. The third kappa shape index (κ3) is 2.61. The summed E-state index contributed by atoms with van der Waals surface area (Å²) in [7, 11) is 0. The quantitative estimate of drug-likeness (QED) is 0.732. The highest BCUT2D eigenvalue weighted by atomic mass is 19.1. The van der Waals surface area contributed by atoms with Gasteiger partial charge in [-0.1, -0.05) is 24.3 Å². The van der Waals surface area contributed by atoms with E-state index in [9.17, 15) is 18.8 Å². The summed E-state index contributed by atoms with van der Waals surface area (Å²) in [5.74, 6) is -1.51. The van der Waals surface area contributed by atoms with Crippen molar-refractivity contribution < 1.29 is 14.0 Å². The molecule has 0 spiro atoms. The molecule has 130 valence electrons. The van der Waals surface area contributed by atoms with E-state index in [1.54, 1.807) is 30.3 Å². The van der Waals surface area contributed by atoms with Crippen LogP contribution >= 0.6 is 0 Å². The first-order valence-corrected chi connectivity index (χ1v) is 7.89. The number of fused-ring (bicyclic) bond motifs is 2. The lowest BCUT2D eigenvalue weighted by Crippen LogP contribution is -2.43. The van der Waals surface area contributed by atoms with Gasteiger partial charge in [-0.3, -0.25) is 14.4 Å². The Labute approximate surface area is 146 Å². The number of aromatic nitrogens is 2. The molecule has 2 heterocycles. The number of H-pyrrole nitrogens is 1. The van der Waals surface area contributed by atoms with E-state index in [0.717, 1.165) is 0 Å². The highest BCUT2D eigenvalue weighted by Gasteiger charge is 2.29. The number of para-hydroxylation sites is 1. The fourth-order valence-corrected chi connectivity index (χ4v) is 3.04. The average Bonchev–Trinajstić information content (AvgIpc) is 2.64. The van der Waals surface area contributed by atoms with Crippen molar-refractivity contribution in [3.63, 3.8) is 0 Å². The SMILES string of the molecule is O=C1CN(C(=O)Cc2n[nH]c(=O)c3ccccc23)c2cccc(F)c2N1. The summed E-state index contributed by atoms with van der Waals surface area (Å²) in [6.07, 6.45) is -0.138. The summed E-state index contributed by atoms with van der Waals surface area (Å²) in [6, 6.07) is 11.1. The predicted molar refractivity (Wildman–Crippen MR) is 93.5 cm³/mol. The Morgan fingerprint density at radius 2 is 1.88 bits per heavy atom. The van der Waals surface area contributed by atoms with Crippen molar-refractivity contribution in [1.82, 2.24) is 10.2 Å². The molecule has 4 rings (SSSR count). The molecule has 0 saturated heterocycles. The van der Waals surface area contributed by atoms with Gasteiger partial charge in [-0.25, -0.2) is 9.49 Å². The second kappa shape index (κ2) is 6.07. The van der Waals surface area contributed by atoms with Crippen molar-refractivity contribution in [1.29, 1.82) is 0 Å². The van der Waals surface area contributed by atoms with Crippen LogP contribution in [0.3, 0.4) is 0 Å². The number of halogens is 1. The van der Waals surface area contributed by atoms with Crippen LogP contribution in [0, 0.1) is 5.82 Å². The molecule has 1 aromatic heterocycles. The van der Waals surface area contributed by atoms with Gasteiger partial charge in [0.05, 0.1) is 23.2 Å². The zero-order chi connectivity index (χ0) is 18.3. The van der Waals surface area contributed by atoms with Gasteiger partial charge in [-0.2, -0.15) is 5.10 Å². The van der Waals surface area contributed by atoms with Crippen LogP contribution < -0.4 is 15.8 Å². The van der Waals surface area contributed by atoms with Gasteiger partial charge in [-0.05, 0) is 18.2 Å². The molecule has 0 fully saturated rings. The van der Waals surface area contributed by atoms with E-state index in [1.807, 2.05) is 0 Å². The third-order valence-electron chi connectivity index (χ3n) is 4.24. The molecule has 26 heavy (non-hydrogen) atoms. The largest absolute Gasteiger partial charge is 0.320 e. The summed E-state index contributed by atoms with van der Waals surface area (Å²) >= 11 is 0. The van der Waals surface area contributed by atoms with Crippen LogP contribution in [0.1, 0.15) is 5.69 Å². The Morgan fingerprint density at radius 3 is 2.69 bits per heavy atom. The minimum absolute atomic E-state index is 0.0172. The van der Waals surface area contributed by atoms with Crippen LogP contribution in [0.5, 0.6) is 0 Å². The number of amides is 2. The summed E-state index contributed by atoms with van der Waals surface area (Å²) in [6.45, 7) is -0.212. The molecule has 0 saturated carbocycles. The van der Waals surface area contributed by atoms with E-state index in [0.29, 0.717) is 22.2 Å². The molecule has 7 nitrogen and oxygen atoms in total. The molecule has 0 aliphatic carbocycles. The molecule has 0 unspecified atom stereocenters. The lowest BCUT2D eigenvalue weighted by molar-refractivity contribution is -0.121. The molecule has 0 bridgehead atoms. The Balaban J connectivity index is 1.73. The first-order valence-electron chi connectivity index (χ1n) is 7.89. The van der Waals surface area contributed by atoms with E-state index in [2.05, 4.69) is 15.5 Å². The molecular formula is C18H13FN4O3. The van der Waals surface area contributed by atoms with Gasteiger partial charge < -0.3 is 10.2 Å². The van der Waals surface area contributed by atoms with E-state index >= 15 is 0 Å². The van der Waals surface area contributed by atoms with E-state index in [-0.39, 0.29) is 24.2 Å². The normalized spacial score (nSPS) is 13.4. The van der Waals surface area contributed by atoms with Crippen molar-refractivity contribution in [2.24, 2.45) is 0 Å². The minimum Gasteiger partial charge on any atom is -0.320 e. The Bertz CT molecular complexity index is 1110. The van der Waals surface area contributed by atoms with Gasteiger partial charge in [0.2, 0.25) is 11.8 Å². The molecule has 2 N–H and O–H groups in total. The van der Waals surface area contributed by atoms with E-state index in [1.165, 1.54) is 17.0 Å². The Kier molecular flexibility index (Phi) is 3.72. The minimum atomic E-state index is -0.610. The zero-order valence-corrected chi connectivity index (χ0v) is 13.5. The van der Waals surface area contributed by atoms with Crippen LogP contribution in [0.2, 0.25) is 0 Å². The number of carbonyl (C=O) groups excluding carboxylic acids is 2. The van der Waals surface area contributed by atoms with Gasteiger partial charge >= 0.3 is 0 Å². The smallest absolute Gasteiger partial charge is 0.272 e. The number of carbonyl (C=O) groups is 2. The lowest BCUT2D eigenvalue weighted by Gasteiger charge is -2.29. The first-order chi connectivity index (χ1) is 12.5. The fourth-order valence-electron chi connectivity index (χ4n) is 3.04. The Morgan fingerprint density at radius 1 is 1.12 bits per heavy atom. The number of aromatic amines is 1. The second-order valence-corrected chi connectivity index (χ2v) is 5.88. The van der Waals surface area contributed by atoms with Crippen molar-refractivity contribution in [2.45, 2.75) is 6.42 Å². The summed E-state index contributed by atoms with van der Waals surface area (Å²) in [5.41, 5.74) is 0.315. The highest BCUT2D eigenvalue weighted by molar-refractivity contribution is 6.10. The number of rotatable bonds is 2. The molecule has 1 aliphatic rings. The monoisotopic (exact) mass is 352 g/mol. The molecule has 2 amide bonds. The lowest BCUT2D eigenvalue weighted by atomic mass is 10.1. The van der Waals surface area contributed by atoms with Gasteiger partial charge in [0, 0.05) is 5.39 Å². The number of nitrogens with one attached hydrogen (secondary N) is 2. The number of nitrogens with zero attached hydrogens (tertiary/aromatic N) is 2. The van der Waals surface area contributed by atoms with Crippen LogP contribution in [0.15, 0.2) is 47.3 Å². The maximum absolute atomic E-state index is 14.0. The van der Waals surface area contributed by atoms with Gasteiger partial charge in [-0.15, -0.1) is 0 Å². The van der Waals surface area contributed by atoms with Crippen molar-refractivity contribution in [3.05, 3.63) is 64.3 Å². The van der Waals surface area contributed by atoms with E-state index < -0.39 is 17.6 Å². The Hall–Kier alpha value is -3.55. The van der Waals surface area contributed by atoms with Crippen LogP contribution in [0.4, 0.5) is 15.8 Å². The maximum atomic E-state index is 14.0. The predicted octanol–water partition coefficient (Wildman–Crippen LogP) is 1.59. The molecule has 1 aliphatic heterocycles. The third-order valence-corrected chi connectivity index (χ3v) is 4.24. The van der Waals surface area contributed by atoms with Crippen molar-refractivity contribution in [3.8, 4) is 0 Å². The second-order valence-electron chi connectivity index (χ2n) is 5.88. The molecule has 0 atom stereocenters. The molecule has 0 radical (unpaired) electrons. The standard InChI is InChI=1S/C18H13FN4O3/c19-12-6-3-7-14-17(12)20-15(24)9-23(14)16(25)8-13-10-4-1-2-5-11(10)18(26)22-21-13/h1-7H,8-9H2,(H,20,24)(H,22,26). The van der Waals surface area contributed by atoms with E-state index in [4.69, 9.17) is 0 Å². The van der Waals surface area contributed by atoms with Crippen molar-refractivity contribution in [2.75, 3.05) is 16.8 Å².